The van der Waals surface area contributed by atoms with Crippen molar-refractivity contribution < 1.29 is 5.11 Å². The third-order valence-electron chi connectivity index (χ3n) is 5.54. The number of hydrogen-bond donors (Lipinski definition) is 1. The fourth-order valence-corrected chi connectivity index (χ4v) is 4.34. The lowest BCUT2D eigenvalue weighted by Gasteiger charge is -2.54. The van der Waals surface area contributed by atoms with E-state index in [0.29, 0.717) is 12.0 Å². The highest BCUT2D eigenvalue weighted by atomic mass is 16.3. The van der Waals surface area contributed by atoms with Gasteiger partial charge in [0.05, 0.1) is 5.60 Å². The zero-order chi connectivity index (χ0) is 15.0. The van der Waals surface area contributed by atoms with Gasteiger partial charge in [-0.2, -0.15) is 0 Å². The molecule has 0 amide bonds. The molecule has 0 radical (unpaired) electrons. The van der Waals surface area contributed by atoms with E-state index < -0.39 is 5.60 Å². The minimum Gasteiger partial charge on any atom is -0.385 e. The first-order valence-corrected chi connectivity index (χ1v) is 8.31. The first kappa shape index (κ1) is 14.0. The minimum absolute atomic E-state index is 0.351. The van der Waals surface area contributed by atoms with E-state index in [1.165, 1.54) is 12.0 Å². The van der Waals surface area contributed by atoms with Gasteiger partial charge >= 0.3 is 0 Å². The van der Waals surface area contributed by atoms with Gasteiger partial charge in [0.15, 0.2) is 0 Å². The lowest BCUT2D eigenvalue weighted by atomic mass is 9.66. The molecule has 0 spiro atoms. The highest BCUT2D eigenvalue weighted by Crippen LogP contribution is 2.48. The number of fused-ring (bicyclic) bond motifs is 3. The predicted molar refractivity (Wildman–Crippen MR) is 88.3 cm³/mol. The smallest absolute Gasteiger partial charge is 0.0951 e. The summed E-state index contributed by atoms with van der Waals surface area (Å²) >= 11 is 0. The van der Waals surface area contributed by atoms with Gasteiger partial charge in [0, 0.05) is 25.0 Å². The van der Waals surface area contributed by atoms with Gasteiger partial charge in [-0.25, -0.2) is 0 Å². The van der Waals surface area contributed by atoms with E-state index in [0.717, 1.165) is 31.5 Å². The maximum Gasteiger partial charge on any atom is 0.0951 e. The van der Waals surface area contributed by atoms with E-state index in [1.54, 1.807) is 0 Å². The van der Waals surface area contributed by atoms with Crippen LogP contribution in [0.2, 0.25) is 0 Å². The Morgan fingerprint density at radius 2 is 1.64 bits per heavy atom. The number of benzene rings is 2. The van der Waals surface area contributed by atoms with Crippen LogP contribution in [0.4, 0.5) is 0 Å². The number of hydrogen-bond acceptors (Lipinski definition) is 2. The van der Waals surface area contributed by atoms with Gasteiger partial charge in [-0.3, -0.25) is 4.90 Å². The Labute approximate surface area is 132 Å². The molecule has 3 atom stereocenters. The van der Waals surface area contributed by atoms with E-state index in [-0.39, 0.29) is 0 Å². The largest absolute Gasteiger partial charge is 0.385 e. The SMILES string of the molecule is OC1(c2ccccc2)CC2CCC1CN2Cc1ccccc1. The van der Waals surface area contributed by atoms with Crippen LogP contribution in [0, 0.1) is 5.92 Å². The molecule has 2 heterocycles. The Bertz CT molecular complexity index is 627. The molecule has 1 N–H and O–H groups in total. The van der Waals surface area contributed by atoms with Gasteiger partial charge in [0.2, 0.25) is 0 Å². The summed E-state index contributed by atoms with van der Waals surface area (Å²) in [4.78, 5) is 2.57. The molecule has 2 nitrogen and oxygen atoms in total. The van der Waals surface area contributed by atoms with Crippen molar-refractivity contribution in [2.24, 2.45) is 5.92 Å². The molecule has 22 heavy (non-hydrogen) atoms. The maximum atomic E-state index is 11.3. The van der Waals surface area contributed by atoms with Crippen LogP contribution in [0.25, 0.3) is 0 Å². The van der Waals surface area contributed by atoms with Gasteiger partial charge < -0.3 is 5.11 Å². The van der Waals surface area contributed by atoms with Crippen molar-refractivity contribution in [2.45, 2.75) is 37.5 Å². The molecule has 2 saturated heterocycles. The maximum absolute atomic E-state index is 11.3. The zero-order valence-electron chi connectivity index (χ0n) is 12.9. The van der Waals surface area contributed by atoms with Gasteiger partial charge in [-0.15, -0.1) is 0 Å². The summed E-state index contributed by atoms with van der Waals surface area (Å²) in [6.45, 7) is 2.01. The molecule has 0 aromatic heterocycles. The summed E-state index contributed by atoms with van der Waals surface area (Å²) < 4.78 is 0. The molecule has 1 aliphatic carbocycles. The quantitative estimate of drug-likeness (QED) is 0.935. The molecule has 114 valence electrons. The molecule has 2 bridgehead atoms. The Kier molecular flexibility index (Phi) is 3.51. The Hall–Kier alpha value is -1.64. The van der Waals surface area contributed by atoms with Gasteiger partial charge in [-0.1, -0.05) is 60.7 Å². The minimum atomic E-state index is -0.628. The van der Waals surface area contributed by atoms with Gasteiger partial charge in [0.1, 0.15) is 0 Å². The van der Waals surface area contributed by atoms with E-state index in [4.69, 9.17) is 0 Å². The lowest BCUT2D eigenvalue weighted by molar-refractivity contribution is -0.135. The van der Waals surface area contributed by atoms with Crippen LogP contribution in [-0.4, -0.2) is 22.6 Å². The third-order valence-corrected chi connectivity index (χ3v) is 5.54. The fourth-order valence-electron chi connectivity index (χ4n) is 4.34. The summed E-state index contributed by atoms with van der Waals surface area (Å²) in [5, 5.41) is 11.3. The van der Waals surface area contributed by atoms with Crippen LogP contribution in [0.15, 0.2) is 60.7 Å². The molecular weight excluding hydrogens is 270 g/mol. The Morgan fingerprint density at radius 3 is 2.27 bits per heavy atom. The molecule has 2 aliphatic heterocycles. The molecule has 3 unspecified atom stereocenters. The molecule has 3 aliphatic rings. The third kappa shape index (κ3) is 2.37. The Morgan fingerprint density at radius 1 is 0.955 bits per heavy atom. The number of rotatable bonds is 3. The van der Waals surface area contributed by atoms with Crippen LogP contribution in [0.5, 0.6) is 0 Å². The van der Waals surface area contributed by atoms with E-state index in [9.17, 15) is 5.11 Å². The van der Waals surface area contributed by atoms with Gasteiger partial charge in [0.25, 0.3) is 0 Å². The van der Waals surface area contributed by atoms with Crippen molar-refractivity contribution in [2.75, 3.05) is 6.54 Å². The van der Waals surface area contributed by atoms with Crippen molar-refractivity contribution in [3.05, 3.63) is 71.8 Å². The van der Waals surface area contributed by atoms with Gasteiger partial charge in [-0.05, 0) is 30.4 Å². The fraction of sp³-hybridized carbons (Fsp3) is 0.400. The average molecular weight is 293 g/mol. The van der Waals surface area contributed by atoms with Crippen molar-refractivity contribution >= 4 is 0 Å². The summed E-state index contributed by atoms with van der Waals surface area (Å²) in [7, 11) is 0. The topological polar surface area (TPSA) is 23.5 Å². The number of nitrogens with zero attached hydrogens (tertiary/aromatic N) is 1. The lowest BCUT2D eigenvalue weighted by Crippen LogP contribution is -2.58. The normalized spacial score (nSPS) is 31.3. The van der Waals surface area contributed by atoms with E-state index >= 15 is 0 Å². The monoisotopic (exact) mass is 293 g/mol. The number of aliphatic hydroxyl groups is 1. The Balaban J connectivity index is 1.55. The van der Waals surface area contributed by atoms with Crippen molar-refractivity contribution in [3.63, 3.8) is 0 Å². The second-order valence-corrected chi connectivity index (χ2v) is 6.84. The van der Waals surface area contributed by atoms with Crippen molar-refractivity contribution in [3.8, 4) is 0 Å². The zero-order valence-corrected chi connectivity index (χ0v) is 12.9. The molecule has 2 aromatic carbocycles. The van der Waals surface area contributed by atoms with Crippen molar-refractivity contribution in [1.82, 2.24) is 4.90 Å². The second-order valence-electron chi connectivity index (χ2n) is 6.84. The molecule has 2 aromatic rings. The average Bonchev–Trinajstić information content (AvgIpc) is 2.58. The van der Waals surface area contributed by atoms with Crippen LogP contribution in [0.3, 0.4) is 0 Å². The molecule has 1 saturated carbocycles. The van der Waals surface area contributed by atoms with E-state index in [2.05, 4.69) is 47.4 Å². The summed E-state index contributed by atoms with van der Waals surface area (Å²) in [6.07, 6.45) is 3.22. The molecule has 3 fully saturated rings. The predicted octanol–water partition coefficient (Wildman–Crippen LogP) is 3.56. The first-order chi connectivity index (χ1) is 10.8. The van der Waals surface area contributed by atoms with Crippen LogP contribution < -0.4 is 0 Å². The van der Waals surface area contributed by atoms with Crippen LogP contribution >= 0.6 is 0 Å². The van der Waals surface area contributed by atoms with E-state index in [1.807, 2.05) is 18.2 Å². The first-order valence-electron chi connectivity index (χ1n) is 8.31. The number of piperidine rings is 2. The highest BCUT2D eigenvalue weighted by Gasteiger charge is 2.50. The van der Waals surface area contributed by atoms with Crippen molar-refractivity contribution in [1.29, 1.82) is 0 Å². The molecular formula is C20H23NO. The standard InChI is InChI=1S/C20H23NO/c22-20(17-9-5-2-6-10-17)13-19-12-11-18(20)15-21(19)14-16-7-3-1-4-8-16/h1-10,18-19,22H,11-15H2. The molecule has 2 heteroatoms. The van der Waals surface area contributed by atoms with Crippen LogP contribution in [0.1, 0.15) is 30.4 Å². The highest BCUT2D eigenvalue weighted by molar-refractivity contribution is 5.26. The molecule has 5 rings (SSSR count). The van der Waals surface area contributed by atoms with Crippen LogP contribution in [-0.2, 0) is 12.1 Å². The summed E-state index contributed by atoms with van der Waals surface area (Å²) in [6, 6.07) is 21.5. The second kappa shape index (κ2) is 5.53. The summed E-state index contributed by atoms with van der Waals surface area (Å²) in [5.74, 6) is 0.351. The summed E-state index contributed by atoms with van der Waals surface area (Å²) in [5.41, 5.74) is 1.85.